The molecule has 1 unspecified atom stereocenters. The van der Waals surface area contributed by atoms with Crippen LogP contribution in [0.25, 0.3) is 0 Å². The van der Waals surface area contributed by atoms with Gasteiger partial charge in [0.15, 0.2) is 0 Å². The van der Waals surface area contributed by atoms with Crippen molar-refractivity contribution < 1.29 is 49.0 Å². The van der Waals surface area contributed by atoms with Crippen LogP contribution in [-0.2, 0) is 55.1 Å². The van der Waals surface area contributed by atoms with Gasteiger partial charge in [-0.3, -0.25) is 4.79 Å². The fourth-order valence-corrected chi connectivity index (χ4v) is 3.80. The van der Waals surface area contributed by atoms with Crippen molar-refractivity contribution in [1.82, 2.24) is 0 Å². The molecule has 0 aliphatic rings. The summed E-state index contributed by atoms with van der Waals surface area (Å²) in [6.07, 6.45) is 2.44. The number of aliphatic carboxylic acids is 1. The van der Waals surface area contributed by atoms with Crippen LogP contribution in [0.2, 0.25) is 0 Å². The van der Waals surface area contributed by atoms with E-state index in [0.717, 1.165) is 24.0 Å². The van der Waals surface area contributed by atoms with E-state index >= 15 is 0 Å². The predicted molar refractivity (Wildman–Crippen MR) is 184 cm³/mol. The minimum Gasteiger partial charge on any atom is -0.481 e. The molecule has 1 aromatic rings. The zero-order chi connectivity index (χ0) is 37.1. The van der Waals surface area contributed by atoms with Crippen LogP contribution in [0.3, 0.4) is 0 Å². The fraction of sp³-hybridized carbons (Fsp3) is 0.811. The van der Waals surface area contributed by atoms with Gasteiger partial charge in [-0.15, -0.1) is 0 Å². The third-order valence-corrected chi connectivity index (χ3v) is 6.03. The molecular formula is C37H68O10. The topological polar surface area (TPSA) is 111 Å². The summed E-state index contributed by atoms with van der Waals surface area (Å²) in [6, 6.07) is 8.04. The average Bonchev–Trinajstić information content (AvgIpc) is 2.90. The highest BCUT2D eigenvalue weighted by atomic mass is 17.3. The SMILES string of the molecule is CC(C)(C)OOC(C)(C)c1ccccc1C(C)(C)OOC(C)(C)C.CCCCC(CC(C)(OOC(C)(C)C)OOC(C)(C)C)C(=O)O. The summed E-state index contributed by atoms with van der Waals surface area (Å²) in [5.74, 6) is -2.77. The van der Waals surface area contributed by atoms with Crippen LogP contribution in [0.4, 0.5) is 0 Å². The van der Waals surface area contributed by atoms with Gasteiger partial charge in [0.25, 0.3) is 0 Å². The largest absolute Gasteiger partial charge is 0.481 e. The Balaban J connectivity index is 0.000000902. The standard InChI is InChI=1S/C20H34O4.C17H34O6/c1-17(2,3)21-23-19(7,8)15-13-11-12-14-16(15)20(9,10)24-22-18(4,5)6;1-9-10-11-13(14(18)19)12-17(8,22-20-15(2,3)4)23-21-16(5,6)7/h11-14H,1-10H3;13H,9-12H2,1-8H3,(H,18,19). The highest BCUT2D eigenvalue weighted by Crippen LogP contribution is 2.37. The lowest BCUT2D eigenvalue weighted by molar-refractivity contribution is -0.538. The Kier molecular flexibility index (Phi) is 17.2. The van der Waals surface area contributed by atoms with Gasteiger partial charge in [-0.1, -0.05) is 44.0 Å². The fourth-order valence-electron chi connectivity index (χ4n) is 3.80. The van der Waals surface area contributed by atoms with Crippen molar-refractivity contribution in [3.63, 3.8) is 0 Å². The second kappa shape index (κ2) is 17.9. The highest BCUT2D eigenvalue weighted by Gasteiger charge is 2.39. The van der Waals surface area contributed by atoms with Crippen LogP contribution in [-0.4, -0.2) is 39.3 Å². The maximum Gasteiger partial charge on any atom is 0.306 e. The Morgan fingerprint density at radius 1 is 0.574 bits per heavy atom. The number of carbonyl (C=O) groups is 1. The molecular weight excluding hydrogens is 604 g/mol. The van der Waals surface area contributed by atoms with Crippen LogP contribution in [0, 0.1) is 5.92 Å². The molecule has 1 N–H and O–H groups in total. The molecule has 0 aromatic heterocycles. The number of hydrogen-bond acceptors (Lipinski definition) is 9. The van der Waals surface area contributed by atoms with Gasteiger partial charge in [0, 0.05) is 6.42 Å². The first kappa shape index (κ1) is 45.4. The Hall–Kier alpha value is -1.63. The maximum absolute atomic E-state index is 11.5. The van der Waals surface area contributed by atoms with E-state index in [9.17, 15) is 9.90 Å². The lowest BCUT2D eigenvalue weighted by Crippen LogP contribution is -2.41. The Labute approximate surface area is 285 Å². The molecule has 0 saturated carbocycles. The molecule has 0 spiro atoms. The summed E-state index contributed by atoms with van der Waals surface area (Å²) in [6.45, 7) is 34.4. The molecule has 10 heteroatoms. The number of carboxylic acid groups (broad SMARTS) is 1. The van der Waals surface area contributed by atoms with Crippen molar-refractivity contribution in [2.75, 3.05) is 0 Å². The van der Waals surface area contributed by atoms with Crippen molar-refractivity contribution in [1.29, 1.82) is 0 Å². The van der Waals surface area contributed by atoms with Crippen LogP contribution < -0.4 is 0 Å². The molecule has 0 heterocycles. The molecule has 0 aliphatic heterocycles. The van der Waals surface area contributed by atoms with Crippen molar-refractivity contribution in [3.8, 4) is 0 Å². The Bertz CT molecular complexity index is 986. The van der Waals surface area contributed by atoms with Crippen LogP contribution in [0.1, 0.15) is 161 Å². The molecule has 1 aromatic carbocycles. The predicted octanol–water partition coefficient (Wildman–Crippen LogP) is 10.1. The highest BCUT2D eigenvalue weighted by molar-refractivity contribution is 5.70. The van der Waals surface area contributed by atoms with Crippen LogP contribution >= 0.6 is 0 Å². The molecule has 0 fully saturated rings. The van der Waals surface area contributed by atoms with Crippen molar-refractivity contribution >= 4 is 5.97 Å². The molecule has 0 bridgehead atoms. The summed E-state index contributed by atoms with van der Waals surface area (Å²) in [5, 5.41) is 9.43. The molecule has 0 saturated heterocycles. The first-order chi connectivity index (χ1) is 20.9. The van der Waals surface area contributed by atoms with Gasteiger partial charge in [-0.05, 0) is 135 Å². The van der Waals surface area contributed by atoms with Crippen LogP contribution in [0.5, 0.6) is 0 Å². The van der Waals surface area contributed by atoms with Gasteiger partial charge in [0.05, 0.1) is 28.3 Å². The smallest absolute Gasteiger partial charge is 0.306 e. The minimum atomic E-state index is -1.31. The van der Waals surface area contributed by atoms with Gasteiger partial charge >= 0.3 is 5.97 Å². The Morgan fingerprint density at radius 2 is 0.894 bits per heavy atom. The number of hydrogen-bond donors (Lipinski definition) is 1. The van der Waals surface area contributed by atoms with Gasteiger partial charge in [0.2, 0.25) is 5.79 Å². The summed E-state index contributed by atoms with van der Waals surface area (Å²) < 4.78 is 0. The molecule has 0 amide bonds. The molecule has 0 aliphatic carbocycles. The molecule has 1 rings (SSSR count). The first-order valence-corrected chi connectivity index (χ1v) is 16.7. The molecule has 0 radical (unpaired) electrons. The average molecular weight is 673 g/mol. The Morgan fingerprint density at radius 3 is 1.17 bits per heavy atom. The monoisotopic (exact) mass is 672 g/mol. The third-order valence-electron chi connectivity index (χ3n) is 6.03. The van der Waals surface area contributed by atoms with Crippen molar-refractivity contribution in [2.45, 2.75) is 190 Å². The number of carboxylic acids is 1. The summed E-state index contributed by atoms with van der Waals surface area (Å²) >= 11 is 0. The summed E-state index contributed by atoms with van der Waals surface area (Å²) in [4.78, 5) is 55.7. The second-order valence-electron chi connectivity index (χ2n) is 17.2. The lowest BCUT2D eigenvalue weighted by atomic mass is 9.85. The second-order valence-corrected chi connectivity index (χ2v) is 17.2. The van der Waals surface area contributed by atoms with E-state index in [4.69, 9.17) is 39.1 Å². The maximum atomic E-state index is 11.5. The zero-order valence-electron chi connectivity index (χ0n) is 32.8. The quantitative estimate of drug-likeness (QED) is 0.103. The van der Waals surface area contributed by atoms with Gasteiger partial charge in [0.1, 0.15) is 11.2 Å². The normalized spacial score (nSPS) is 14.4. The third kappa shape index (κ3) is 20.5. The summed E-state index contributed by atoms with van der Waals surface area (Å²) in [5.41, 5.74) is -1.13. The lowest BCUT2D eigenvalue weighted by Gasteiger charge is -2.35. The van der Waals surface area contributed by atoms with E-state index in [1.54, 1.807) is 6.92 Å². The van der Waals surface area contributed by atoms with E-state index in [1.165, 1.54) is 0 Å². The van der Waals surface area contributed by atoms with Gasteiger partial charge in [-0.2, -0.15) is 9.78 Å². The zero-order valence-corrected chi connectivity index (χ0v) is 32.8. The molecule has 1 atom stereocenters. The van der Waals surface area contributed by atoms with Gasteiger partial charge in [-0.25, -0.2) is 29.3 Å². The molecule has 47 heavy (non-hydrogen) atoms. The first-order valence-electron chi connectivity index (χ1n) is 16.7. The number of unbranched alkanes of at least 4 members (excludes halogenated alkanes) is 1. The molecule has 276 valence electrons. The minimum absolute atomic E-state index is 0.133. The van der Waals surface area contributed by atoms with E-state index in [0.29, 0.717) is 6.42 Å². The van der Waals surface area contributed by atoms with Gasteiger partial charge < -0.3 is 5.11 Å². The van der Waals surface area contributed by atoms with E-state index in [1.807, 2.05) is 142 Å². The molecule has 10 nitrogen and oxygen atoms in total. The van der Waals surface area contributed by atoms with Crippen molar-refractivity contribution in [2.24, 2.45) is 5.92 Å². The number of rotatable bonds is 16. The number of benzene rings is 1. The van der Waals surface area contributed by atoms with E-state index in [2.05, 4.69) is 0 Å². The van der Waals surface area contributed by atoms with Crippen molar-refractivity contribution in [3.05, 3.63) is 35.4 Å². The van der Waals surface area contributed by atoms with E-state index in [-0.39, 0.29) is 17.6 Å². The summed E-state index contributed by atoms with van der Waals surface area (Å²) in [7, 11) is 0. The van der Waals surface area contributed by atoms with E-state index < -0.39 is 40.1 Å². The van der Waals surface area contributed by atoms with Crippen LogP contribution in [0.15, 0.2) is 24.3 Å².